The SMILES string of the molecule is COCCOCCNC(=O)NC1N=C(c2ccccc2F)c2ccccc2N(C)C1=O. The quantitative estimate of drug-likeness (QED) is 0.629. The second kappa shape index (κ2) is 10.6. The van der Waals surface area contributed by atoms with Crippen molar-refractivity contribution in [3.8, 4) is 0 Å². The number of benzodiazepines with no additional fused rings is 1. The first-order valence-corrected chi connectivity index (χ1v) is 9.83. The van der Waals surface area contributed by atoms with E-state index in [1.165, 1.54) is 11.0 Å². The number of anilines is 1. The Morgan fingerprint density at radius 2 is 1.81 bits per heavy atom. The molecule has 8 nitrogen and oxygen atoms in total. The third-order valence-corrected chi connectivity index (χ3v) is 4.70. The lowest BCUT2D eigenvalue weighted by molar-refractivity contribution is -0.119. The molecule has 1 aliphatic heterocycles. The van der Waals surface area contributed by atoms with E-state index in [4.69, 9.17) is 9.47 Å². The number of methoxy groups -OCH3 is 1. The molecule has 0 radical (unpaired) electrons. The molecule has 0 saturated carbocycles. The van der Waals surface area contributed by atoms with Crippen LogP contribution in [0.15, 0.2) is 53.5 Å². The summed E-state index contributed by atoms with van der Waals surface area (Å²) in [5, 5.41) is 5.18. The summed E-state index contributed by atoms with van der Waals surface area (Å²) in [6.07, 6.45) is -1.22. The van der Waals surface area contributed by atoms with Crippen LogP contribution in [0.4, 0.5) is 14.9 Å². The molecule has 164 valence electrons. The number of hydrogen-bond acceptors (Lipinski definition) is 5. The average molecular weight is 428 g/mol. The number of halogens is 1. The number of ether oxygens (including phenoxy) is 2. The Kier molecular flexibility index (Phi) is 7.69. The first kappa shape index (κ1) is 22.4. The molecule has 0 bridgehead atoms. The van der Waals surface area contributed by atoms with Crippen molar-refractivity contribution in [3.63, 3.8) is 0 Å². The Labute approximate surface area is 180 Å². The first-order valence-electron chi connectivity index (χ1n) is 9.83. The van der Waals surface area contributed by atoms with Crippen LogP contribution in [0.5, 0.6) is 0 Å². The van der Waals surface area contributed by atoms with E-state index in [0.717, 1.165) is 0 Å². The molecule has 0 saturated heterocycles. The van der Waals surface area contributed by atoms with E-state index in [9.17, 15) is 14.0 Å². The maximum absolute atomic E-state index is 14.6. The van der Waals surface area contributed by atoms with Crippen molar-refractivity contribution in [2.45, 2.75) is 6.17 Å². The molecule has 1 heterocycles. The molecule has 0 fully saturated rings. The Hall–Kier alpha value is -3.30. The van der Waals surface area contributed by atoms with Gasteiger partial charge in [-0.3, -0.25) is 4.79 Å². The van der Waals surface area contributed by atoms with Gasteiger partial charge in [-0.2, -0.15) is 0 Å². The number of amides is 3. The lowest BCUT2D eigenvalue weighted by Gasteiger charge is -2.21. The van der Waals surface area contributed by atoms with Gasteiger partial charge in [-0.05, 0) is 18.2 Å². The maximum Gasteiger partial charge on any atom is 0.316 e. The molecule has 31 heavy (non-hydrogen) atoms. The summed E-state index contributed by atoms with van der Waals surface area (Å²) in [5.41, 5.74) is 1.71. The normalized spacial score (nSPS) is 15.7. The zero-order valence-corrected chi connectivity index (χ0v) is 17.4. The second-order valence-electron chi connectivity index (χ2n) is 6.78. The maximum atomic E-state index is 14.6. The zero-order chi connectivity index (χ0) is 22.2. The molecule has 2 aromatic carbocycles. The van der Waals surface area contributed by atoms with Gasteiger partial charge in [0.15, 0.2) is 0 Å². The summed E-state index contributed by atoms with van der Waals surface area (Å²) < 4.78 is 24.7. The monoisotopic (exact) mass is 428 g/mol. The molecule has 0 aliphatic carbocycles. The highest BCUT2D eigenvalue weighted by Gasteiger charge is 2.31. The molecule has 0 spiro atoms. The van der Waals surface area contributed by atoms with Crippen LogP contribution in [0, 0.1) is 5.82 Å². The van der Waals surface area contributed by atoms with Crippen LogP contribution in [0.3, 0.4) is 0 Å². The van der Waals surface area contributed by atoms with Crippen molar-refractivity contribution in [1.29, 1.82) is 0 Å². The van der Waals surface area contributed by atoms with Gasteiger partial charge in [0.1, 0.15) is 5.82 Å². The van der Waals surface area contributed by atoms with Gasteiger partial charge in [0.05, 0.1) is 31.2 Å². The lowest BCUT2D eigenvalue weighted by Crippen LogP contribution is -2.49. The lowest BCUT2D eigenvalue weighted by atomic mass is 10.00. The molecule has 2 aromatic rings. The van der Waals surface area contributed by atoms with E-state index in [-0.39, 0.29) is 12.1 Å². The van der Waals surface area contributed by atoms with E-state index in [0.29, 0.717) is 36.8 Å². The summed E-state index contributed by atoms with van der Waals surface area (Å²) in [6.45, 7) is 1.42. The van der Waals surface area contributed by atoms with Gasteiger partial charge < -0.3 is 25.0 Å². The van der Waals surface area contributed by atoms with Crippen LogP contribution in [0.2, 0.25) is 0 Å². The van der Waals surface area contributed by atoms with Gasteiger partial charge in [0, 0.05) is 31.8 Å². The number of benzene rings is 2. The van der Waals surface area contributed by atoms with Gasteiger partial charge in [-0.25, -0.2) is 14.2 Å². The smallest absolute Gasteiger partial charge is 0.316 e. The molecule has 1 unspecified atom stereocenters. The number of carbonyl (C=O) groups excluding carboxylic acids is 2. The summed E-state index contributed by atoms with van der Waals surface area (Å²) >= 11 is 0. The standard InChI is InChI=1S/C22H25FN4O4/c1-27-18-10-6-4-8-16(18)19(15-7-3-5-9-17(15)23)25-20(21(27)28)26-22(29)24-11-12-31-14-13-30-2/h3-10,20H,11-14H2,1-2H3,(H2,24,26,29). The van der Waals surface area contributed by atoms with Crippen molar-refractivity contribution in [3.05, 3.63) is 65.5 Å². The number of hydrogen-bond donors (Lipinski definition) is 2. The number of fused-ring (bicyclic) bond motifs is 1. The van der Waals surface area contributed by atoms with E-state index in [1.54, 1.807) is 56.6 Å². The number of nitrogens with one attached hydrogen (secondary N) is 2. The van der Waals surface area contributed by atoms with Crippen molar-refractivity contribution < 1.29 is 23.5 Å². The number of para-hydroxylation sites is 1. The predicted molar refractivity (Wildman–Crippen MR) is 115 cm³/mol. The van der Waals surface area contributed by atoms with Gasteiger partial charge in [-0.1, -0.05) is 30.3 Å². The minimum atomic E-state index is -1.22. The number of aliphatic imine (C=N–C) groups is 1. The van der Waals surface area contributed by atoms with E-state index in [2.05, 4.69) is 15.6 Å². The first-order chi connectivity index (χ1) is 15.0. The van der Waals surface area contributed by atoms with Crippen molar-refractivity contribution in [1.82, 2.24) is 10.6 Å². The van der Waals surface area contributed by atoms with Crippen molar-refractivity contribution >= 4 is 23.3 Å². The zero-order valence-electron chi connectivity index (χ0n) is 17.4. The van der Waals surface area contributed by atoms with Crippen LogP contribution in [0.1, 0.15) is 11.1 Å². The number of nitrogens with zero attached hydrogens (tertiary/aromatic N) is 2. The molecule has 9 heteroatoms. The fraction of sp³-hybridized carbons (Fsp3) is 0.318. The van der Waals surface area contributed by atoms with Crippen LogP contribution in [-0.2, 0) is 14.3 Å². The molecule has 3 amide bonds. The minimum absolute atomic E-state index is 0.246. The summed E-state index contributed by atoms with van der Waals surface area (Å²) in [7, 11) is 3.17. The molecular weight excluding hydrogens is 403 g/mol. The summed E-state index contributed by atoms with van der Waals surface area (Å²) in [6, 6.07) is 12.7. The van der Waals surface area contributed by atoms with Crippen LogP contribution in [0.25, 0.3) is 0 Å². The van der Waals surface area contributed by atoms with Gasteiger partial charge in [0.25, 0.3) is 5.91 Å². The second-order valence-corrected chi connectivity index (χ2v) is 6.78. The van der Waals surface area contributed by atoms with Gasteiger partial charge >= 0.3 is 6.03 Å². The third-order valence-electron chi connectivity index (χ3n) is 4.70. The van der Waals surface area contributed by atoms with Crippen LogP contribution < -0.4 is 15.5 Å². The summed E-state index contributed by atoms with van der Waals surface area (Å²) in [4.78, 5) is 31.2. The van der Waals surface area contributed by atoms with E-state index in [1.807, 2.05) is 0 Å². The highest BCUT2D eigenvalue weighted by molar-refractivity contribution is 6.20. The molecule has 0 aromatic heterocycles. The van der Waals surface area contributed by atoms with E-state index >= 15 is 0 Å². The third kappa shape index (κ3) is 5.44. The molecule has 1 atom stereocenters. The topological polar surface area (TPSA) is 92.3 Å². The van der Waals surface area contributed by atoms with Gasteiger partial charge in [-0.15, -0.1) is 0 Å². The highest BCUT2D eigenvalue weighted by Crippen LogP contribution is 2.27. The minimum Gasteiger partial charge on any atom is -0.382 e. The number of rotatable bonds is 8. The number of likely N-dealkylation sites (N-methyl/N-ethyl adjacent to an activating group) is 1. The fourth-order valence-corrected chi connectivity index (χ4v) is 3.14. The highest BCUT2D eigenvalue weighted by atomic mass is 19.1. The van der Waals surface area contributed by atoms with E-state index < -0.39 is 23.9 Å². The molecule has 2 N–H and O–H groups in total. The van der Waals surface area contributed by atoms with Crippen LogP contribution >= 0.6 is 0 Å². The Morgan fingerprint density at radius 1 is 1.10 bits per heavy atom. The molecule has 3 rings (SSSR count). The largest absolute Gasteiger partial charge is 0.382 e. The fourth-order valence-electron chi connectivity index (χ4n) is 3.14. The Bertz CT molecular complexity index is 966. The Balaban J connectivity index is 1.82. The van der Waals surface area contributed by atoms with Crippen molar-refractivity contribution in [2.75, 3.05) is 45.4 Å². The molecular formula is C22H25FN4O4. The average Bonchev–Trinajstić information content (AvgIpc) is 2.87. The van der Waals surface area contributed by atoms with Crippen LogP contribution in [-0.4, -0.2) is 64.3 Å². The van der Waals surface area contributed by atoms with Crippen molar-refractivity contribution in [2.24, 2.45) is 4.99 Å². The summed E-state index contributed by atoms with van der Waals surface area (Å²) in [5.74, 6) is -0.908. The Morgan fingerprint density at radius 3 is 2.55 bits per heavy atom. The predicted octanol–water partition coefficient (Wildman–Crippen LogP) is 1.93. The number of urea groups is 1. The molecule has 1 aliphatic rings. The number of carbonyl (C=O) groups is 2. The van der Waals surface area contributed by atoms with Gasteiger partial charge in [0.2, 0.25) is 6.17 Å².